The Bertz CT molecular complexity index is 565. The van der Waals surface area contributed by atoms with Crippen LogP contribution in [0, 0.1) is 5.82 Å². The number of hydrogen-bond donors (Lipinski definition) is 1. The summed E-state index contributed by atoms with van der Waals surface area (Å²) in [6, 6.07) is 7.27. The van der Waals surface area contributed by atoms with Crippen LogP contribution in [0.4, 0.5) is 22.1 Å². The summed E-state index contributed by atoms with van der Waals surface area (Å²) in [5.74, 6) is -0.196. The quantitative estimate of drug-likeness (QED) is 0.875. The Hall–Kier alpha value is -2.31. The lowest BCUT2D eigenvalue weighted by molar-refractivity contribution is 0.524. The number of halogens is 1. The molecule has 1 saturated heterocycles. The fourth-order valence-corrected chi connectivity index (χ4v) is 2.20. The van der Waals surface area contributed by atoms with Gasteiger partial charge in [-0.2, -0.15) is 0 Å². The molecule has 0 radical (unpaired) electrons. The van der Waals surface area contributed by atoms with Gasteiger partial charge in [-0.25, -0.2) is 4.39 Å². The Labute approximate surface area is 109 Å². The minimum Gasteiger partial charge on any atom is -0.390 e. The number of rotatable bonds is 2. The number of para-hydroxylation sites is 1. The van der Waals surface area contributed by atoms with Gasteiger partial charge in [0.15, 0.2) is 0 Å². The average Bonchev–Trinajstić information content (AvgIpc) is 2.86. The molecule has 2 N–H and O–H groups in total. The monoisotopic (exact) mass is 263 g/mol. The summed E-state index contributed by atoms with van der Waals surface area (Å²) in [6.07, 6.45) is 0. The topological polar surface area (TPSA) is 71.4 Å². The van der Waals surface area contributed by atoms with Gasteiger partial charge in [-0.1, -0.05) is 22.3 Å². The van der Waals surface area contributed by atoms with Crippen LogP contribution >= 0.6 is 0 Å². The first kappa shape index (κ1) is 11.8. The van der Waals surface area contributed by atoms with Crippen LogP contribution in [0.15, 0.2) is 28.7 Å². The molecule has 3 rings (SSSR count). The number of benzene rings is 1. The van der Waals surface area contributed by atoms with E-state index in [-0.39, 0.29) is 11.8 Å². The van der Waals surface area contributed by atoms with Gasteiger partial charge in [0.2, 0.25) is 0 Å². The molecule has 0 aliphatic carbocycles. The molecule has 2 aromatic rings. The van der Waals surface area contributed by atoms with Gasteiger partial charge in [0.1, 0.15) is 5.82 Å². The lowest BCUT2D eigenvalue weighted by atomic mass is 10.2. The second-order valence-corrected chi connectivity index (χ2v) is 4.35. The maximum absolute atomic E-state index is 13.7. The van der Waals surface area contributed by atoms with E-state index in [1.54, 1.807) is 12.1 Å². The zero-order valence-corrected chi connectivity index (χ0v) is 10.3. The van der Waals surface area contributed by atoms with Crippen molar-refractivity contribution in [1.29, 1.82) is 0 Å². The van der Waals surface area contributed by atoms with Crippen LogP contribution in [-0.2, 0) is 0 Å². The van der Waals surface area contributed by atoms with Crippen LogP contribution < -0.4 is 15.5 Å². The first-order valence-corrected chi connectivity index (χ1v) is 6.07. The molecule has 0 atom stereocenters. The number of nitrogens with zero attached hydrogens (tertiary/aromatic N) is 4. The smallest absolute Gasteiger partial charge is 0.319 e. The molecule has 0 bridgehead atoms. The Morgan fingerprint density at radius 1 is 1.05 bits per heavy atom. The summed E-state index contributed by atoms with van der Waals surface area (Å²) >= 11 is 0. The molecule has 0 saturated carbocycles. The van der Waals surface area contributed by atoms with Crippen molar-refractivity contribution in [3.8, 4) is 0 Å². The Morgan fingerprint density at radius 2 is 1.74 bits per heavy atom. The van der Waals surface area contributed by atoms with Crippen molar-refractivity contribution >= 4 is 17.7 Å². The molecule has 6 nitrogen and oxygen atoms in total. The van der Waals surface area contributed by atoms with Crippen molar-refractivity contribution in [1.82, 2.24) is 10.2 Å². The minimum atomic E-state index is -0.196. The lowest BCUT2D eigenvalue weighted by Gasteiger charge is -2.35. The van der Waals surface area contributed by atoms with Crippen molar-refractivity contribution in [2.45, 2.75) is 0 Å². The van der Waals surface area contributed by atoms with Crippen LogP contribution in [-0.4, -0.2) is 36.4 Å². The van der Waals surface area contributed by atoms with Crippen LogP contribution in [0.5, 0.6) is 0 Å². The molecular formula is C12H14FN5O. The standard InChI is InChI=1S/C12H14FN5O/c13-9-3-1-2-4-10(9)17-5-7-18(8-6-17)12-16-15-11(14)19-12/h1-4H,5-8H2,(H2,14,15). The van der Waals surface area contributed by atoms with E-state index >= 15 is 0 Å². The molecule has 7 heteroatoms. The number of nitrogens with two attached hydrogens (primary N) is 1. The molecule has 1 aliphatic rings. The van der Waals surface area contributed by atoms with E-state index < -0.39 is 0 Å². The molecule has 2 heterocycles. The van der Waals surface area contributed by atoms with E-state index in [1.807, 2.05) is 15.9 Å². The maximum atomic E-state index is 13.7. The number of anilines is 3. The highest BCUT2D eigenvalue weighted by atomic mass is 19.1. The first-order chi connectivity index (χ1) is 9.24. The van der Waals surface area contributed by atoms with Crippen molar-refractivity contribution < 1.29 is 8.81 Å². The second kappa shape index (κ2) is 4.75. The highest BCUT2D eigenvalue weighted by Crippen LogP contribution is 2.22. The van der Waals surface area contributed by atoms with Gasteiger partial charge in [-0.3, -0.25) is 0 Å². The zero-order chi connectivity index (χ0) is 13.2. The lowest BCUT2D eigenvalue weighted by Crippen LogP contribution is -2.47. The van der Waals surface area contributed by atoms with Gasteiger partial charge in [0, 0.05) is 26.2 Å². The van der Waals surface area contributed by atoms with E-state index in [2.05, 4.69) is 10.2 Å². The number of nitrogen functional groups attached to an aromatic ring is 1. The molecule has 1 fully saturated rings. The van der Waals surface area contributed by atoms with Gasteiger partial charge >= 0.3 is 12.0 Å². The first-order valence-electron chi connectivity index (χ1n) is 6.07. The summed E-state index contributed by atoms with van der Waals surface area (Å²) in [7, 11) is 0. The summed E-state index contributed by atoms with van der Waals surface area (Å²) in [5, 5.41) is 7.48. The fourth-order valence-electron chi connectivity index (χ4n) is 2.20. The van der Waals surface area contributed by atoms with Crippen LogP contribution in [0.3, 0.4) is 0 Å². The highest BCUT2D eigenvalue weighted by molar-refractivity contribution is 5.49. The Morgan fingerprint density at radius 3 is 2.37 bits per heavy atom. The van der Waals surface area contributed by atoms with Crippen molar-refractivity contribution in [2.24, 2.45) is 0 Å². The maximum Gasteiger partial charge on any atom is 0.319 e. The summed E-state index contributed by atoms with van der Waals surface area (Å²) in [4.78, 5) is 3.95. The third kappa shape index (κ3) is 2.31. The predicted octanol–water partition coefficient (Wildman–Crippen LogP) is 1.12. The SMILES string of the molecule is Nc1nnc(N2CCN(c3ccccc3F)CC2)o1. The molecule has 0 amide bonds. The summed E-state index contributed by atoms with van der Waals surface area (Å²) in [6.45, 7) is 2.78. The number of aromatic nitrogens is 2. The van der Waals surface area contributed by atoms with E-state index in [0.29, 0.717) is 37.9 Å². The third-order valence-electron chi connectivity index (χ3n) is 3.17. The Balaban J connectivity index is 1.68. The van der Waals surface area contributed by atoms with E-state index in [9.17, 15) is 4.39 Å². The Kier molecular flexibility index (Phi) is 2.94. The van der Waals surface area contributed by atoms with Crippen LogP contribution in [0.25, 0.3) is 0 Å². The van der Waals surface area contributed by atoms with E-state index in [1.165, 1.54) is 6.07 Å². The number of piperazine rings is 1. The van der Waals surface area contributed by atoms with E-state index in [4.69, 9.17) is 10.2 Å². The predicted molar refractivity (Wildman–Crippen MR) is 69.5 cm³/mol. The third-order valence-corrected chi connectivity index (χ3v) is 3.17. The van der Waals surface area contributed by atoms with Gasteiger partial charge < -0.3 is 20.0 Å². The summed E-state index contributed by atoms with van der Waals surface area (Å²) < 4.78 is 18.9. The molecule has 1 aliphatic heterocycles. The molecule has 0 spiro atoms. The van der Waals surface area contributed by atoms with Crippen LogP contribution in [0.2, 0.25) is 0 Å². The van der Waals surface area contributed by atoms with Gasteiger partial charge in [0.25, 0.3) is 0 Å². The molecule has 100 valence electrons. The molecule has 0 unspecified atom stereocenters. The van der Waals surface area contributed by atoms with Gasteiger partial charge in [-0.15, -0.1) is 0 Å². The highest BCUT2D eigenvalue weighted by Gasteiger charge is 2.22. The molecule has 1 aromatic heterocycles. The number of hydrogen-bond acceptors (Lipinski definition) is 6. The van der Waals surface area contributed by atoms with Gasteiger partial charge in [0.05, 0.1) is 5.69 Å². The van der Waals surface area contributed by atoms with Gasteiger partial charge in [-0.05, 0) is 12.1 Å². The average molecular weight is 263 g/mol. The van der Waals surface area contributed by atoms with Crippen molar-refractivity contribution in [3.05, 3.63) is 30.1 Å². The van der Waals surface area contributed by atoms with Crippen LogP contribution in [0.1, 0.15) is 0 Å². The second-order valence-electron chi connectivity index (χ2n) is 4.35. The minimum absolute atomic E-state index is 0.0616. The fraction of sp³-hybridized carbons (Fsp3) is 0.333. The molecule has 19 heavy (non-hydrogen) atoms. The van der Waals surface area contributed by atoms with E-state index in [0.717, 1.165) is 0 Å². The zero-order valence-electron chi connectivity index (χ0n) is 10.3. The summed E-state index contributed by atoms with van der Waals surface area (Å²) in [5.41, 5.74) is 6.03. The largest absolute Gasteiger partial charge is 0.390 e. The molecule has 1 aromatic carbocycles. The van der Waals surface area contributed by atoms with Crippen molar-refractivity contribution in [2.75, 3.05) is 41.7 Å². The van der Waals surface area contributed by atoms with Crippen molar-refractivity contribution in [3.63, 3.8) is 0 Å². The normalized spacial score (nSPS) is 15.8. The molecular weight excluding hydrogens is 249 g/mol.